The minimum absolute atomic E-state index is 0.00696. The van der Waals surface area contributed by atoms with Crippen LogP contribution in [0, 0.1) is 5.82 Å². The van der Waals surface area contributed by atoms with E-state index in [1.807, 2.05) is 54.6 Å². The number of aromatic nitrogens is 2. The highest BCUT2D eigenvalue weighted by molar-refractivity contribution is 6.31. The molecule has 4 aromatic carbocycles. The van der Waals surface area contributed by atoms with Crippen LogP contribution >= 0.6 is 11.6 Å². The summed E-state index contributed by atoms with van der Waals surface area (Å²) in [6.45, 7) is 1.56. The summed E-state index contributed by atoms with van der Waals surface area (Å²) in [5.41, 5.74) is 3.36. The van der Waals surface area contributed by atoms with Crippen molar-refractivity contribution < 1.29 is 28.1 Å². The van der Waals surface area contributed by atoms with Crippen LogP contribution in [0.4, 0.5) is 26.4 Å². The first-order valence-electron chi connectivity index (χ1n) is 15.9. The van der Waals surface area contributed by atoms with Crippen LogP contribution in [0.3, 0.4) is 0 Å². The summed E-state index contributed by atoms with van der Waals surface area (Å²) in [6.07, 6.45) is 2.54. The number of rotatable bonds is 11. The molecule has 12 heteroatoms. The van der Waals surface area contributed by atoms with E-state index in [4.69, 9.17) is 30.5 Å². The number of fused-ring (bicyclic) bond motifs is 1. The smallest absolute Gasteiger partial charge is 0.410 e. The Labute approximate surface area is 289 Å². The summed E-state index contributed by atoms with van der Waals surface area (Å²) in [6, 6.07) is 23.9. The molecule has 0 radical (unpaired) electrons. The summed E-state index contributed by atoms with van der Waals surface area (Å²) < 4.78 is 38.0. The molecule has 0 saturated carbocycles. The van der Waals surface area contributed by atoms with Gasteiger partial charge in [-0.25, -0.2) is 19.2 Å². The number of ether oxygens (including phenoxy) is 4. The van der Waals surface area contributed by atoms with E-state index in [1.165, 1.54) is 12.4 Å². The Bertz CT molecular complexity index is 1920. The molecule has 0 atom stereocenters. The molecule has 6 rings (SSSR count). The van der Waals surface area contributed by atoms with Gasteiger partial charge >= 0.3 is 6.09 Å². The molecular formula is C37H37ClFN5O5. The first-order chi connectivity index (χ1) is 23.9. The average molecular weight is 686 g/mol. The van der Waals surface area contributed by atoms with Crippen LogP contribution in [-0.4, -0.2) is 61.4 Å². The van der Waals surface area contributed by atoms with Crippen molar-refractivity contribution >= 4 is 45.8 Å². The van der Waals surface area contributed by atoms with Gasteiger partial charge < -0.3 is 34.1 Å². The number of methoxy groups -OCH3 is 3. The minimum atomic E-state index is -0.572. The van der Waals surface area contributed by atoms with Gasteiger partial charge in [-0.3, -0.25) is 0 Å². The van der Waals surface area contributed by atoms with Crippen molar-refractivity contribution in [2.45, 2.75) is 32.0 Å². The van der Waals surface area contributed by atoms with Crippen molar-refractivity contribution in [3.63, 3.8) is 0 Å². The molecule has 49 heavy (non-hydrogen) atoms. The van der Waals surface area contributed by atoms with Crippen molar-refractivity contribution in [2.24, 2.45) is 0 Å². The van der Waals surface area contributed by atoms with E-state index in [9.17, 15) is 4.79 Å². The van der Waals surface area contributed by atoms with Crippen LogP contribution in [-0.2, 0) is 17.9 Å². The fourth-order valence-electron chi connectivity index (χ4n) is 5.94. The number of amides is 1. The average Bonchev–Trinajstić information content (AvgIpc) is 3.14. The first kappa shape index (κ1) is 33.6. The van der Waals surface area contributed by atoms with Gasteiger partial charge in [-0.15, -0.1) is 0 Å². The Morgan fingerprint density at radius 1 is 0.898 bits per heavy atom. The second-order valence-corrected chi connectivity index (χ2v) is 12.0. The molecule has 0 unspecified atom stereocenters. The molecule has 5 aromatic rings. The van der Waals surface area contributed by atoms with E-state index >= 15 is 4.39 Å². The van der Waals surface area contributed by atoms with Gasteiger partial charge in [-0.1, -0.05) is 54.1 Å². The molecule has 10 nitrogen and oxygen atoms in total. The lowest BCUT2D eigenvalue weighted by atomic mass is 10.0. The Kier molecular flexibility index (Phi) is 10.5. The Hall–Kier alpha value is -5.29. The third-order valence-electron chi connectivity index (χ3n) is 8.52. The molecule has 0 spiro atoms. The zero-order chi connectivity index (χ0) is 34.3. The molecule has 0 bridgehead atoms. The Morgan fingerprint density at radius 2 is 1.65 bits per heavy atom. The lowest BCUT2D eigenvalue weighted by Gasteiger charge is -2.32. The zero-order valence-electron chi connectivity index (χ0n) is 27.5. The monoisotopic (exact) mass is 685 g/mol. The number of benzene rings is 4. The number of carbonyl (C=O) groups excluding carboxylic acids is 1. The Morgan fingerprint density at radius 3 is 2.39 bits per heavy atom. The van der Waals surface area contributed by atoms with Crippen LogP contribution in [0.2, 0.25) is 5.02 Å². The molecule has 1 N–H and O–H groups in total. The summed E-state index contributed by atoms with van der Waals surface area (Å²) in [7, 11) is 4.74. The number of nitrogens with zero attached hydrogens (tertiary/aromatic N) is 4. The molecule has 254 valence electrons. The molecule has 1 aromatic heterocycles. The van der Waals surface area contributed by atoms with Crippen LogP contribution in [0.5, 0.6) is 17.2 Å². The van der Waals surface area contributed by atoms with E-state index in [1.54, 1.807) is 49.3 Å². The highest BCUT2D eigenvalue weighted by Crippen LogP contribution is 2.39. The second-order valence-electron chi connectivity index (χ2n) is 11.6. The summed E-state index contributed by atoms with van der Waals surface area (Å²) >= 11 is 6.27. The fourth-order valence-corrected chi connectivity index (χ4v) is 6.11. The number of piperidine rings is 1. The first-order valence-corrected chi connectivity index (χ1v) is 16.2. The highest BCUT2D eigenvalue weighted by Gasteiger charge is 2.26. The van der Waals surface area contributed by atoms with Gasteiger partial charge in [-0.2, -0.15) is 0 Å². The number of hydrogen-bond donors (Lipinski definition) is 1. The summed E-state index contributed by atoms with van der Waals surface area (Å²) in [5, 5.41) is 4.28. The maximum atomic E-state index is 15.7. The highest BCUT2D eigenvalue weighted by atomic mass is 35.5. The van der Waals surface area contributed by atoms with Crippen molar-refractivity contribution in [2.75, 3.05) is 44.6 Å². The van der Waals surface area contributed by atoms with Gasteiger partial charge in [0.1, 0.15) is 24.5 Å². The molecule has 1 aliphatic heterocycles. The van der Waals surface area contributed by atoms with E-state index in [2.05, 4.69) is 15.3 Å². The number of halogens is 2. The maximum Gasteiger partial charge on any atom is 0.410 e. The quantitative estimate of drug-likeness (QED) is 0.148. The summed E-state index contributed by atoms with van der Waals surface area (Å²) in [4.78, 5) is 25.4. The number of likely N-dealkylation sites (tertiary alicyclic amines) is 1. The van der Waals surface area contributed by atoms with Crippen molar-refractivity contribution in [3.8, 4) is 17.2 Å². The summed E-state index contributed by atoms with van der Waals surface area (Å²) in [5.74, 6) is 1.63. The number of carbonyl (C=O) groups is 1. The third kappa shape index (κ3) is 7.57. The molecule has 1 fully saturated rings. The van der Waals surface area contributed by atoms with Crippen LogP contribution in [0.25, 0.3) is 10.9 Å². The van der Waals surface area contributed by atoms with E-state index in [0.29, 0.717) is 59.9 Å². The molecule has 1 aliphatic rings. The van der Waals surface area contributed by atoms with Gasteiger partial charge in [0.25, 0.3) is 0 Å². The number of hydrogen-bond acceptors (Lipinski definition) is 9. The van der Waals surface area contributed by atoms with Gasteiger partial charge in [0.2, 0.25) is 0 Å². The lowest BCUT2D eigenvalue weighted by Crippen LogP contribution is -2.42. The topological polar surface area (TPSA) is 98.3 Å². The van der Waals surface area contributed by atoms with Gasteiger partial charge in [0, 0.05) is 37.1 Å². The molecule has 0 aliphatic carbocycles. The largest absolute Gasteiger partial charge is 0.495 e. The normalized spacial score (nSPS) is 13.2. The van der Waals surface area contributed by atoms with Gasteiger partial charge in [-0.05, 0) is 54.3 Å². The predicted molar refractivity (Wildman–Crippen MR) is 188 cm³/mol. The fraction of sp³-hybridized carbons (Fsp3) is 0.270. The van der Waals surface area contributed by atoms with Gasteiger partial charge in [0.15, 0.2) is 17.3 Å². The van der Waals surface area contributed by atoms with Crippen LogP contribution in [0.15, 0.2) is 85.2 Å². The van der Waals surface area contributed by atoms with Crippen molar-refractivity contribution in [1.82, 2.24) is 14.9 Å². The van der Waals surface area contributed by atoms with E-state index < -0.39 is 5.82 Å². The molecular weight excluding hydrogens is 649 g/mol. The zero-order valence-corrected chi connectivity index (χ0v) is 28.2. The lowest BCUT2D eigenvalue weighted by molar-refractivity contribution is 0.0881. The molecule has 1 amide bonds. The molecule has 2 heterocycles. The van der Waals surface area contributed by atoms with Gasteiger partial charge in [0.05, 0.1) is 43.2 Å². The van der Waals surface area contributed by atoms with Crippen molar-refractivity contribution in [1.29, 1.82) is 0 Å². The second kappa shape index (κ2) is 15.3. The van der Waals surface area contributed by atoms with Crippen molar-refractivity contribution in [3.05, 3.63) is 107 Å². The number of nitrogens with one attached hydrogen (secondary N) is 1. The third-order valence-corrected chi connectivity index (χ3v) is 8.81. The Balaban J connectivity index is 1.27. The standard InChI is InChI=1S/C37H37ClFN5O5/c1-46-32-13-12-25(18-34(32)48-3)21-44(31-11-7-10-28(38)35(31)39)36-27-19-30(33(47-2)20-29(27)40-23-41-36)42-26-14-16-43(17-15-26)37(45)49-22-24-8-5-4-6-9-24/h4-13,18-20,23,26,42H,14-17,21-22H2,1-3H3. The van der Waals surface area contributed by atoms with Crippen LogP contribution in [0.1, 0.15) is 24.0 Å². The number of anilines is 3. The maximum absolute atomic E-state index is 15.7. The molecule has 1 saturated heterocycles. The SMILES string of the molecule is COc1cc2ncnc(N(Cc3ccc(OC)c(OC)c3)c3cccc(Cl)c3F)c2cc1NC1CCN(C(=O)OCc2ccccc2)CC1. The van der Waals surface area contributed by atoms with E-state index in [0.717, 1.165) is 16.8 Å². The minimum Gasteiger partial charge on any atom is -0.495 e. The predicted octanol–water partition coefficient (Wildman–Crippen LogP) is 8.00. The van der Waals surface area contributed by atoms with Crippen LogP contribution < -0.4 is 24.4 Å². The van der Waals surface area contributed by atoms with E-state index in [-0.39, 0.29) is 36.0 Å².